The lowest BCUT2D eigenvalue weighted by molar-refractivity contribution is 0.294. The zero-order valence-corrected chi connectivity index (χ0v) is 8.75. The number of rotatable bonds is 4. The van der Waals surface area contributed by atoms with Crippen molar-refractivity contribution in [2.24, 2.45) is 0 Å². The quantitative estimate of drug-likeness (QED) is 0.817. The van der Waals surface area contributed by atoms with E-state index in [9.17, 15) is 4.39 Å². The summed E-state index contributed by atoms with van der Waals surface area (Å²) in [6, 6.07) is 6.20. The van der Waals surface area contributed by atoms with Gasteiger partial charge in [0.15, 0.2) is 0 Å². The van der Waals surface area contributed by atoms with E-state index in [4.69, 9.17) is 10.00 Å². The first-order chi connectivity index (χ1) is 7.17. The molecule has 0 aromatic heterocycles. The molecule has 80 valence electrons. The zero-order valence-electron chi connectivity index (χ0n) is 8.75. The van der Waals surface area contributed by atoms with E-state index in [2.05, 4.69) is 5.32 Å². The van der Waals surface area contributed by atoms with Crippen molar-refractivity contribution in [3.8, 4) is 11.8 Å². The Morgan fingerprint density at radius 3 is 2.87 bits per heavy atom. The Balaban J connectivity index is 2.59. The van der Waals surface area contributed by atoms with Crippen LogP contribution in [-0.4, -0.2) is 19.7 Å². The van der Waals surface area contributed by atoms with Crippen LogP contribution in [0, 0.1) is 24.1 Å². The Labute approximate surface area is 88.5 Å². The topological polar surface area (TPSA) is 45.0 Å². The highest BCUT2D eigenvalue weighted by Crippen LogP contribution is 2.15. The van der Waals surface area contributed by atoms with Gasteiger partial charge in [-0.15, -0.1) is 0 Å². The summed E-state index contributed by atoms with van der Waals surface area (Å²) < 4.78 is 18.2. The van der Waals surface area contributed by atoms with Crippen LogP contribution in [0.15, 0.2) is 18.2 Å². The number of halogens is 1. The minimum Gasteiger partial charge on any atom is -0.491 e. The van der Waals surface area contributed by atoms with Crippen molar-refractivity contribution in [1.29, 1.82) is 5.26 Å². The first-order valence-electron chi connectivity index (χ1n) is 4.63. The SMILES string of the molecule is CNC(C#N)COc1ccc(F)c(C)c1. The Bertz CT molecular complexity index is 373. The third-order valence-electron chi connectivity index (χ3n) is 2.05. The number of nitriles is 1. The summed E-state index contributed by atoms with van der Waals surface area (Å²) in [6.07, 6.45) is 0. The molecule has 0 amide bonds. The van der Waals surface area contributed by atoms with Crippen LogP contribution in [0.2, 0.25) is 0 Å². The molecule has 0 spiro atoms. The van der Waals surface area contributed by atoms with Gasteiger partial charge >= 0.3 is 0 Å². The van der Waals surface area contributed by atoms with E-state index in [1.54, 1.807) is 26.1 Å². The molecule has 1 aromatic carbocycles. The molecule has 0 bridgehead atoms. The highest BCUT2D eigenvalue weighted by Gasteiger charge is 2.05. The van der Waals surface area contributed by atoms with Crippen LogP contribution in [0.25, 0.3) is 0 Å². The lowest BCUT2D eigenvalue weighted by atomic mass is 10.2. The second-order valence-electron chi connectivity index (χ2n) is 3.19. The van der Waals surface area contributed by atoms with Gasteiger partial charge in [0, 0.05) is 0 Å². The predicted octanol–water partition coefficient (Wildman–Crippen LogP) is 1.62. The molecule has 0 aliphatic heterocycles. The number of hydrogen-bond donors (Lipinski definition) is 1. The van der Waals surface area contributed by atoms with Crippen molar-refractivity contribution in [2.75, 3.05) is 13.7 Å². The maximum absolute atomic E-state index is 12.9. The molecule has 0 saturated carbocycles. The standard InChI is InChI=1S/C11H13FN2O/c1-8-5-10(3-4-11(8)12)15-7-9(6-13)14-2/h3-5,9,14H,7H2,1-2H3. The molecule has 1 N–H and O–H groups in total. The lowest BCUT2D eigenvalue weighted by Gasteiger charge is -2.10. The number of hydrogen-bond acceptors (Lipinski definition) is 3. The van der Waals surface area contributed by atoms with E-state index >= 15 is 0 Å². The second kappa shape index (κ2) is 5.32. The van der Waals surface area contributed by atoms with Crippen LogP contribution in [0.3, 0.4) is 0 Å². The zero-order chi connectivity index (χ0) is 11.3. The van der Waals surface area contributed by atoms with Crippen molar-refractivity contribution in [1.82, 2.24) is 5.32 Å². The third-order valence-corrected chi connectivity index (χ3v) is 2.05. The van der Waals surface area contributed by atoms with Gasteiger partial charge in [-0.25, -0.2) is 4.39 Å². The van der Waals surface area contributed by atoms with E-state index in [1.807, 2.05) is 6.07 Å². The Kier molecular flexibility index (Phi) is 4.07. The highest BCUT2D eigenvalue weighted by molar-refractivity contribution is 5.28. The molecule has 1 aromatic rings. The molecule has 0 saturated heterocycles. The molecule has 4 heteroatoms. The smallest absolute Gasteiger partial charge is 0.129 e. The van der Waals surface area contributed by atoms with Gasteiger partial charge in [0.05, 0.1) is 6.07 Å². The van der Waals surface area contributed by atoms with Crippen LogP contribution in [0.5, 0.6) is 5.75 Å². The minimum atomic E-state index is -0.352. The normalized spacial score (nSPS) is 11.9. The first-order valence-corrected chi connectivity index (χ1v) is 4.63. The maximum atomic E-state index is 12.9. The fourth-order valence-electron chi connectivity index (χ4n) is 1.07. The van der Waals surface area contributed by atoms with Crippen molar-refractivity contribution in [2.45, 2.75) is 13.0 Å². The average Bonchev–Trinajstić information content (AvgIpc) is 2.24. The van der Waals surface area contributed by atoms with Crippen LogP contribution in [0.1, 0.15) is 5.56 Å². The summed E-state index contributed by atoms with van der Waals surface area (Å²) in [7, 11) is 1.69. The fourth-order valence-corrected chi connectivity index (χ4v) is 1.07. The lowest BCUT2D eigenvalue weighted by Crippen LogP contribution is -2.29. The summed E-state index contributed by atoms with van der Waals surface area (Å²) >= 11 is 0. The number of nitrogens with one attached hydrogen (secondary N) is 1. The molecular formula is C11H13FN2O. The molecule has 0 aliphatic carbocycles. The van der Waals surface area contributed by atoms with E-state index in [1.165, 1.54) is 6.07 Å². The largest absolute Gasteiger partial charge is 0.491 e. The summed E-state index contributed by atoms with van der Waals surface area (Å²) in [4.78, 5) is 0. The molecule has 1 atom stereocenters. The Hall–Kier alpha value is -1.60. The molecule has 1 unspecified atom stereocenters. The van der Waals surface area contributed by atoms with Gasteiger partial charge in [0.1, 0.15) is 24.2 Å². The van der Waals surface area contributed by atoms with Gasteiger partial charge in [0.25, 0.3) is 0 Å². The van der Waals surface area contributed by atoms with Crippen LogP contribution in [-0.2, 0) is 0 Å². The van der Waals surface area contributed by atoms with E-state index < -0.39 is 0 Å². The third kappa shape index (κ3) is 3.22. The molecule has 1 rings (SSSR count). The van der Waals surface area contributed by atoms with Gasteiger partial charge in [0.2, 0.25) is 0 Å². The van der Waals surface area contributed by atoms with Gasteiger partial charge in [-0.3, -0.25) is 0 Å². The number of ether oxygens (including phenoxy) is 1. The highest BCUT2D eigenvalue weighted by atomic mass is 19.1. The van der Waals surface area contributed by atoms with E-state index in [0.717, 1.165) is 0 Å². The monoisotopic (exact) mass is 208 g/mol. The molecular weight excluding hydrogens is 195 g/mol. The predicted molar refractivity (Wildman–Crippen MR) is 55.1 cm³/mol. The van der Waals surface area contributed by atoms with Crippen LogP contribution >= 0.6 is 0 Å². The van der Waals surface area contributed by atoms with Crippen LogP contribution in [0.4, 0.5) is 4.39 Å². The van der Waals surface area contributed by atoms with Gasteiger partial charge in [-0.2, -0.15) is 5.26 Å². The van der Waals surface area contributed by atoms with Crippen molar-refractivity contribution >= 4 is 0 Å². The van der Waals surface area contributed by atoms with Crippen LogP contribution < -0.4 is 10.1 Å². The molecule has 0 aliphatic rings. The maximum Gasteiger partial charge on any atom is 0.129 e. The van der Waals surface area contributed by atoms with E-state index in [-0.39, 0.29) is 18.5 Å². The summed E-state index contributed by atoms with van der Waals surface area (Å²) in [5.41, 5.74) is 0.533. The molecule has 0 radical (unpaired) electrons. The molecule has 15 heavy (non-hydrogen) atoms. The van der Waals surface area contributed by atoms with Gasteiger partial charge in [-0.05, 0) is 37.7 Å². The van der Waals surface area contributed by atoms with E-state index in [0.29, 0.717) is 11.3 Å². The molecule has 0 fully saturated rings. The average molecular weight is 208 g/mol. The summed E-state index contributed by atoms with van der Waals surface area (Å²) in [6.45, 7) is 1.92. The summed E-state index contributed by atoms with van der Waals surface area (Å²) in [5, 5.41) is 11.4. The summed E-state index contributed by atoms with van der Waals surface area (Å²) in [5.74, 6) is 0.317. The van der Waals surface area contributed by atoms with Gasteiger partial charge < -0.3 is 10.1 Å². The number of benzene rings is 1. The number of likely N-dealkylation sites (N-methyl/N-ethyl adjacent to an activating group) is 1. The first kappa shape index (κ1) is 11.5. The number of aryl methyl sites for hydroxylation is 1. The Morgan fingerprint density at radius 1 is 1.60 bits per heavy atom. The van der Waals surface area contributed by atoms with Crippen molar-refractivity contribution in [3.05, 3.63) is 29.6 Å². The fraction of sp³-hybridized carbons (Fsp3) is 0.364. The van der Waals surface area contributed by atoms with Crippen molar-refractivity contribution < 1.29 is 9.13 Å². The van der Waals surface area contributed by atoms with Gasteiger partial charge in [-0.1, -0.05) is 0 Å². The Morgan fingerprint density at radius 2 is 2.33 bits per heavy atom. The molecule has 0 heterocycles. The van der Waals surface area contributed by atoms with Crippen molar-refractivity contribution in [3.63, 3.8) is 0 Å². The number of nitrogens with zero attached hydrogens (tertiary/aromatic N) is 1. The molecule has 3 nitrogen and oxygen atoms in total. The minimum absolute atomic E-state index is 0.248. The second-order valence-corrected chi connectivity index (χ2v) is 3.19.